The number of aromatic amines is 1. The summed E-state index contributed by atoms with van der Waals surface area (Å²) in [5.41, 5.74) is 1.26. The molecule has 8 heteroatoms. The van der Waals surface area contributed by atoms with E-state index in [9.17, 15) is 18.4 Å². The second-order valence-electron chi connectivity index (χ2n) is 7.59. The molecule has 0 aliphatic carbocycles. The number of halogens is 2. The number of hydrogen-bond donors (Lipinski definition) is 2. The van der Waals surface area contributed by atoms with Crippen LogP contribution in [-0.2, 0) is 11.3 Å². The molecule has 1 heterocycles. The quantitative estimate of drug-likeness (QED) is 0.452. The number of nitrogens with one attached hydrogen (secondary N) is 2. The van der Waals surface area contributed by atoms with E-state index in [-0.39, 0.29) is 29.9 Å². The van der Waals surface area contributed by atoms with Crippen molar-refractivity contribution in [2.45, 2.75) is 19.4 Å². The molecule has 1 amide bonds. The van der Waals surface area contributed by atoms with Gasteiger partial charge in [-0.2, -0.15) is 0 Å². The highest BCUT2D eigenvalue weighted by Gasteiger charge is 2.21. The van der Waals surface area contributed by atoms with E-state index in [1.54, 1.807) is 13.0 Å². The van der Waals surface area contributed by atoms with Gasteiger partial charge in [0.2, 0.25) is 0 Å². The van der Waals surface area contributed by atoms with Gasteiger partial charge in [-0.1, -0.05) is 48.5 Å². The van der Waals surface area contributed by atoms with Crippen molar-refractivity contribution in [1.29, 1.82) is 0 Å². The van der Waals surface area contributed by atoms with E-state index in [0.717, 1.165) is 5.56 Å². The van der Waals surface area contributed by atoms with Crippen molar-refractivity contribution in [2.75, 3.05) is 6.54 Å². The van der Waals surface area contributed by atoms with Crippen LogP contribution in [0.3, 0.4) is 0 Å². The van der Waals surface area contributed by atoms with E-state index < -0.39 is 29.2 Å². The number of H-pyrrole nitrogens is 1. The number of ether oxygens (including phenoxy) is 1. The van der Waals surface area contributed by atoms with Crippen LogP contribution in [0.1, 0.15) is 28.4 Å². The number of aryl methyl sites for hydroxylation is 1. The summed E-state index contributed by atoms with van der Waals surface area (Å²) in [7, 11) is 0. The molecular formula is C25H21F2N3O3. The monoisotopic (exact) mass is 449 g/mol. The lowest BCUT2D eigenvalue weighted by Crippen LogP contribution is -2.31. The Hall–Kier alpha value is -4.07. The molecule has 6 nitrogen and oxygen atoms in total. The summed E-state index contributed by atoms with van der Waals surface area (Å²) in [5.74, 6) is -1.78. The molecule has 0 saturated heterocycles. The Labute approximate surface area is 188 Å². The highest BCUT2D eigenvalue weighted by molar-refractivity contribution is 5.81. The summed E-state index contributed by atoms with van der Waals surface area (Å²) in [6, 6.07) is 17.6. The second kappa shape index (κ2) is 9.60. The molecule has 3 aromatic carbocycles. The third-order valence-corrected chi connectivity index (χ3v) is 5.28. The standard InChI is InChI=1S/C25H21F2N3O3/c1-15-10-11-20(27)22-21(15)24(31)30-23(29-22)19(17-8-5-9-18(26)12-17)13-28-25(32)33-14-16-6-3-2-4-7-16/h2-12,19H,13-14H2,1H3,(H,28,32)(H,29,30,31)/t19-/m0/s1. The molecule has 4 aromatic rings. The van der Waals surface area contributed by atoms with Crippen LogP contribution in [0.15, 0.2) is 71.5 Å². The SMILES string of the molecule is Cc1ccc(F)c2nc([C@@H](CNC(=O)OCc3ccccc3)c3cccc(F)c3)[nH]c(=O)c12. The van der Waals surface area contributed by atoms with Crippen molar-refractivity contribution in [3.63, 3.8) is 0 Å². The van der Waals surface area contributed by atoms with Crippen molar-refractivity contribution in [1.82, 2.24) is 15.3 Å². The number of amides is 1. The zero-order chi connectivity index (χ0) is 23.4. The minimum absolute atomic E-state index is 0.0566. The topological polar surface area (TPSA) is 84.1 Å². The van der Waals surface area contributed by atoms with Crippen molar-refractivity contribution in [3.8, 4) is 0 Å². The lowest BCUT2D eigenvalue weighted by molar-refractivity contribution is 0.139. The summed E-state index contributed by atoms with van der Waals surface area (Å²) in [6.45, 7) is 1.71. The van der Waals surface area contributed by atoms with Crippen LogP contribution in [0.4, 0.5) is 13.6 Å². The molecule has 168 valence electrons. The molecule has 0 aliphatic heterocycles. The molecule has 0 bridgehead atoms. The summed E-state index contributed by atoms with van der Waals surface area (Å²) < 4.78 is 33.6. The third kappa shape index (κ3) is 5.06. The van der Waals surface area contributed by atoms with Gasteiger partial charge in [0.1, 0.15) is 29.6 Å². The van der Waals surface area contributed by atoms with Gasteiger partial charge in [0, 0.05) is 6.54 Å². The van der Waals surface area contributed by atoms with Crippen LogP contribution >= 0.6 is 0 Å². The molecule has 1 atom stereocenters. The molecule has 0 spiro atoms. The molecule has 0 fully saturated rings. The highest BCUT2D eigenvalue weighted by atomic mass is 19.1. The molecule has 4 rings (SSSR count). The van der Waals surface area contributed by atoms with Gasteiger partial charge in [-0.3, -0.25) is 4.79 Å². The number of aromatic nitrogens is 2. The van der Waals surface area contributed by atoms with Gasteiger partial charge in [-0.15, -0.1) is 0 Å². The first-order chi connectivity index (χ1) is 15.9. The summed E-state index contributed by atoms with van der Waals surface area (Å²) in [6.07, 6.45) is -0.689. The lowest BCUT2D eigenvalue weighted by atomic mass is 9.97. The zero-order valence-corrected chi connectivity index (χ0v) is 17.8. The normalized spacial score (nSPS) is 11.8. The molecule has 33 heavy (non-hydrogen) atoms. The number of carbonyl (C=O) groups excluding carboxylic acids is 1. The van der Waals surface area contributed by atoms with Crippen LogP contribution in [0.2, 0.25) is 0 Å². The largest absolute Gasteiger partial charge is 0.445 e. The minimum Gasteiger partial charge on any atom is -0.445 e. The van der Waals surface area contributed by atoms with Crippen LogP contribution in [0.5, 0.6) is 0 Å². The summed E-state index contributed by atoms with van der Waals surface area (Å²) >= 11 is 0. The maximum Gasteiger partial charge on any atom is 0.407 e. The predicted molar refractivity (Wildman–Crippen MR) is 120 cm³/mol. The molecule has 0 radical (unpaired) electrons. The van der Waals surface area contributed by atoms with Crippen LogP contribution in [-0.4, -0.2) is 22.6 Å². The summed E-state index contributed by atoms with van der Waals surface area (Å²) in [4.78, 5) is 32.0. The maximum atomic E-state index is 14.5. The van der Waals surface area contributed by atoms with Crippen molar-refractivity contribution in [2.24, 2.45) is 0 Å². The van der Waals surface area contributed by atoms with Gasteiger partial charge >= 0.3 is 6.09 Å². The van der Waals surface area contributed by atoms with E-state index in [1.807, 2.05) is 30.3 Å². The van der Waals surface area contributed by atoms with E-state index in [0.29, 0.717) is 11.1 Å². The number of hydrogen-bond acceptors (Lipinski definition) is 4. The predicted octanol–water partition coefficient (Wildman–Crippen LogP) is 4.57. The van der Waals surface area contributed by atoms with E-state index in [4.69, 9.17) is 4.74 Å². The Morgan fingerprint density at radius 3 is 2.64 bits per heavy atom. The molecule has 2 N–H and O–H groups in total. The second-order valence-corrected chi connectivity index (χ2v) is 7.59. The van der Waals surface area contributed by atoms with Gasteiger partial charge < -0.3 is 15.0 Å². The number of fused-ring (bicyclic) bond motifs is 1. The first-order valence-corrected chi connectivity index (χ1v) is 10.3. The van der Waals surface area contributed by atoms with Gasteiger partial charge in [0.05, 0.1) is 11.3 Å². The number of benzene rings is 3. The van der Waals surface area contributed by atoms with Crippen LogP contribution in [0.25, 0.3) is 10.9 Å². The van der Waals surface area contributed by atoms with E-state index in [1.165, 1.54) is 30.3 Å². The average molecular weight is 449 g/mol. The fraction of sp³-hybridized carbons (Fsp3) is 0.160. The number of nitrogens with zero attached hydrogens (tertiary/aromatic N) is 1. The van der Waals surface area contributed by atoms with Gasteiger partial charge in [-0.05, 0) is 41.8 Å². The Morgan fingerprint density at radius 1 is 1.09 bits per heavy atom. The lowest BCUT2D eigenvalue weighted by Gasteiger charge is -2.18. The number of carbonyl (C=O) groups is 1. The van der Waals surface area contributed by atoms with Crippen LogP contribution in [0, 0.1) is 18.6 Å². The smallest absolute Gasteiger partial charge is 0.407 e. The van der Waals surface area contributed by atoms with Gasteiger partial charge in [0.15, 0.2) is 0 Å². The van der Waals surface area contributed by atoms with Crippen LogP contribution < -0.4 is 10.9 Å². The molecule has 0 aliphatic rings. The number of rotatable bonds is 6. The van der Waals surface area contributed by atoms with Crippen molar-refractivity contribution >= 4 is 17.0 Å². The molecule has 0 saturated carbocycles. The van der Waals surface area contributed by atoms with Crippen molar-refractivity contribution < 1.29 is 18.3 Å². The molecule has 0 unspecified atom stereocenters. The zero-order valence-electron chi connectivity index (χ0n) is 17.8. The van der Waals surface area contributed by atoms with Crippen molar-refractivity contribution in [3.05, 3.63) is 111 Å². The van der Waals surface area contributed by atoms with E-state index in [2.05, 4.69) is 15.3 Å². The Kier molecular flexibility index (Phi) is 6.44. The Balaban J connectivity index is 1.63. The minimum atomic E-state index is -0.748. The first-order valence-electron chi connectivity index (χ1n) is 10.3. The summed E-state index contributed by atoms with van der Waals surface area (Å²) in [5, 5.41) is 2.77. The fourth-order valence-corrected chi connectivity index (χ4v) is 3.61. The average Bonchev–Trinajstić information content (AvgIpc) is 2.81. The first kappa shape index (κ1) is 22.1. The molecular weight excluding hydrogens is 428 g/mol. The Morgan fingerprint density at radius 2 is 1.88 bits per heavy atom. The Bertz CT molecular complexity index is 1360. The van der Waals surface area contributed by atoms with E-state index >= 15 is 0 Å². The third-order valence-electron chi connectivity index (χ3n) is 5.28. The molecule has 1 aromatic heterocycles. The maximum absolute atomic E-state index is 14.5. The fourth-order valence-electron chi connectivity index (χ4n) is 3.61. The van der Waals surface area contributed by atoms with Gasteiger partial charge in [0.25, 0.3) is 5.56 Å². The van der Waals surface area contributed by atoms with Gasteiger partial charge in [-0.25, -0.2) is 18.6 Å². The highest BCUT2D eigenvalue weighted by Crippen LogP contribution is 2.24. The number of alkyl carbamates (subject to hydrolysis) is 1.